The zero-order valence-electron chi connectivity index (χ0n) is 11.8. The van der Waals surface area contributed by atoms with Crippen LogP contribution in [0.3, 0.4) is 0 Å². The summed E-state index contributed by atoms with van der Waals surface area (Å²) in [5.74, 6) is 0.323. The van der Waals surface area contributed by atoms with E-state index in [-0.39, 0.29) is 31.0 Å². The fraction of sp³-hybridized carbons (Fsp3) is 0.467. The maximum atomic E-state index is 12.2. The van der Waals surface area contributed by atoms with Crippen molar-refractivity contribution in [2.24, 2.45) is 0 Å². The number of carbonyl (C=O) groups is 2. The highest BCUT2D eigenvalue weighted by molar-refractivity contribution is 6.02. The number of anilines is 1. The summed E-state index contributed by atoms with van der Waals surface area (Å²) in [6.45, 7) is 1.81. The number of benzene rings is 1. The number of ether oxygens (including phenoxy) is 1. The fourth-order valence-corrected chi connectivity index (χ4v) is 2.72. The number of nitrogens with zero attached hydrogens (tertiary/aromatic N) is 1. The van der Waals surface area contributed by atoms with Gasteiger partial charge < -0.3 is 15.4 Å². The highest BCUT2D eigenvalue weighted by Crippen LogP contribution is 2.31. The van der Waals surface area contributed by atoms with Gasteiger partial charge in [-0.2, -0.15) is 0 Å². The van der Waals surface area contributed by atoms with Crippen molar-refractivity contribution in [3.8, 4) is 5.75 Å². The molecule has 1 aromatic rings. The molecule has 21 heavy (non-hydrogen) atoms. The van der Waals surface area contributed by atoms with Crippen molar-refractivity contribution in [1.29, 1.82) is 0 Å². The zero-order chi connectivity index (χ0) is 14.7. The Bertz CT molecular complexity index is 541. The van der Waals surface area contributed by atoms with E-state index >= 15 is 0 Å². The van der Waals surface area contributed by atoms with E-state index < -0.39 is 0 Å². The monoisotopic (exact) mass is 289 g/mol. The first-order valence-corrected chi connectivity index (χ1v) is 7.26. The SMILES string of the molecule is O=C(CN1C(=O)COc2ccccc21)N[C@H]1CCCNC1. The summed E-state index contributed by atoms with van der Waals surface area (Å²) in [5, 5.41) is 6.23. The van der Waals surface area contributed by atoms with Crippen LogP contribution in [0, 0.1) is 0 Å². The fourth-order valence-electron chi connectivity index (χ4n) is 2.72. The molecule has 112 valence electrons. The molecule has 2 amide bonds. The molecule has 1 saturated heterocycles. The summed E-state index contributed by atoms with van der Waals surface area (Å²) in [6, 6.07) is 7.43. The molecule has 0 unspecified atom stereocenters. The third-order valence-electron chi connectivity index (χ3n) is 3.77. The molecule has 2 aliphatic heterocycles. The van der Waals surface area contributed by atoms with Gasteiger partial charge in [0, 0.05) is 12.6 Å². The molecular weight excluding hydrogens is 270 g/mol. The van der Waals surface area contributed by atoms with Gasteiger partial charge in [0.05, 0.1) is 5.69 Å². The molecule has 6 heteroatoms. The van der Waals surface area contributed by atoms with E-state index in [1.807, 2.05) is 12.1 Å². The van der Waals surface area contributed by atoms with E-state index in [2.05, 4.69) is 10.6 Å². The van der Waals surface area contributed by atoms with Gasteiger partial charge in [-0.3, -0.25) is 14.5 Å². The zero-order valence-corrected chi connectivity index (χ0v) is 11.8. The van der Waals surface area contributed by atoms with E-state index in [4.69, 9.17) is 4.74 Å². The summed E-state index contributed by atoms with van der Waals surface area (Å²) in [7, 11) is 0. The standard InChI is InChI=1S/C15H19N3O3/c19-14(17-11-4-3-7-16-8-11)9-18-12-5-1-2-6-13(12)21-10-15(18)20/h1-2,5-6,11,16H,3-4,7-10H2,(H,17,19)/t11-/m0/s1. The van der Waals surface area contributed by atoms with Crippen LogP contribution in [0.1, 0.15) is 12.8 Å². The van der Waals surface area contributed by atoms with Gasteiger partial charge in [0.1, 0.15) is 12.3 Å². The van der Waals surface area contributed by atoms with E-state index in [0.717, 1.165) is 25.9 Å². The molecule has 0 aliphatic carbocycles. The third kappa shape index (κ3) is 3.16. The lowest BCUT2D eigenvalue weighted by atomic mass is 10.1. The Kier molecular flexibility index (Phi) is 4.06. The maximum Gasteiger partial charge on any atom is 0.265 e. The minimum Gasteiger partial charge on any atom is -0.482 e. The molecule has 6 nitrogen and oxygen atoms in total. The molecule has 1 fully saturated rings. The molecule has 2 heterocycles. The van der Waals surface area contributed by atoms with Crippen molar-refractivity contribution in [2.45, 2.75) is 18.9 Å². The van der Waals surface area contributed by atoms with E-state index in [1.165, 1.54) is 4.90 Å². The van der Waals surface area contributed by atoms with Gasteiger partial charge in [0.15, 0.2) is 6.61 Å². The first-order valence-electron chi connectivity index (χ1n) is 7.26. The van der Waals surface area contributed by atoms with Gasteiger partial charge in [0.2, 0.25) is 5.91 Å². The molecular formula is C15H19N3O3. The van der Waals surface area contributed by atoms with Crippen molar-refractivity contribution in [1.82, 2.24) is 10.6 Å². The first kappa shape index (κ1) is 13.9. The van der Waals surface area contributed by atoms with Gasteiger partial charge in [-0.25, -0.2) is 0 Å². The Morgan fingerprint density at radius 3 is 3.10 bits per heavy atom. The number of hydrogen-bond donors (Lipinski definition) is 2. The molecule has 0 radical (unpaired) electrons. The van der Waals surface area contributed by atoms with Crippen LogP contribution in [0.25, 0.3) is 0 Å². The minimum atomic E-state index is -0.189. The third-order valence-corrected chi connectivity index (χ3v) is 3.77. The topological polar surface area (TPSA) is 70.7 Å². The summed E-state index contributed by atoms with van der Waals surface area (Å²) in [4.78, 5) is 25.6. The molecule has 3 rings (SSSR count). The smallest absolute Gasteiger partial charge is 0.265 e. The Hall–Kier alpha value is -2.08. The molecule has 0 bridgehead atoms. The number of amides is 2. The predicted molar refractivity (Wildman–Crippen MR) is 78.3 cm³/mol. The second-order valence-electron chi connectivity index (χ2n) is 5.35. The second kappa shape index (κ2) is 6.13. The van der Waals surface area contributed by atoms with Crippen LogP contribution < -0.4 is 20.3 Å². The molecule has 0 saturated carbocycles. The minimum absolute atomic E-state index is 0.0186. The highest BCUT2D eigenvalue weighted by atomic mass is 16.5. The van der Waals surface area contributed by atoms with Gasteiger partial charge in [-0.05, 0) is 31.5 Å². The Labute approximate surface area is 123 Å². The number of fused-ring (bicyclic) bond motifs is 1. The Balaban J connectivity index is 1.66. The lowest BCUT2D eigenvalue weighted by molar-refractivity contribution is -0.125. The summed E-state index contributed by atoms with van der Waals surface area (Å²) >= 11 is 0. The average Bonchev–Trinajstić information content (AvgIpc) is 2.51. The Morgan fingerprint density at radius 1 is 1.43 bits per heavy atom. The second-order valence-corrected chi connectivity index (χ2v) is 5.35. The summed E-state index contributed by atoms with van der Waals surface area (Å²) in [6.07, 6.45) is 2.04. The molecule has 0 aromatic heterocycles. The van der Waals surface area contributed by atoms with Crippen molar-refractivity contribution in [3.05, 3.63) is 24.3 Å². The van der Waals surface area contributed by atoms with E-state index in [0.29, 0.717) is 11.4 Å². The predicted octanol–water partition coefficient (Wildman–Crippen LogP) is 0.280. The average molecular weight is 289 g/mol. The van der Waals surface area contributed by atoms with Crippen molar-refractivity contribution < 1.29 is 14.3 Å². The first-order chi connectivity index (χ1) is 10.2. The van der Waals surface area contributed by atoms with Crippen LogP contribution in [0.5, 0.6) is 5.75 Å². The van der Waals surface area contributed by atoms with Crippen LogP contribution >= 0.6 is 0 Å². The van der Waals surface area contributed by atoms with Crippen LogP contribution in [0.2, 0.25) is 0 Å². The summed E-state index contributed by atoms with van der Waals surface area (Å²) in [5.41, 5.74) is 0.658. The van der Waals surface area contributed by atoms with Gasteiger partial charge in [-0.1, -0.05) is 12.1 Å². The Morgan fingerprint density at radius 2 is 2.29 bits per heavy atom. The lowest BCUT2D eigenvalue weighted by Gasteiger charge is -2.30. The molecule has 1 atom stereocenters. The number of carbonyl (C=O) groups excluding carboxylic acids is 2. The summed E-state index contributed by atoms with van der Waals surface area (Å²) < 4.78 is 5.36. The van der Waals surface area contributed by atoms with Crippen molar-refractivity contribution in [3.63, 3.8) is 0 Å². The lowest BCUT2D eigenvalue weighted by Crippen LogP contribution is -2.50. The molecule has 1 aromatic carbocycles. The van der Waals surface area contributed by atoms with Gasteiger partial charge >= 0.3 is 0 Å². The van der Waals surface area contributed by atoms with Crippen LogP contribution in [-0.4, -0.2) is 44.1 Å². The molecule has 0 spiro atoms. The van der Waals surface area contributed by atoms with Gasteiger partial charge in [-0.15, -0.1) is 0 Å². The largest absolute Gasteiger partial charge is 0.482 e. The van der Waals surface area contributed by atoms with Crippen molar-refractivity contribution in [2.75, 3.05) is 31.1 Å². The number of nitrogens with one attached hydrogen (secondary N) is 2. The van der Waals surface area contributed by atoms with Gasteiger partial charge in [0.25, 0.3) is 5.91 Å². The van der Waals surface area contributed by atoms with E-state index in [1.54, 1.807) is 12.1 Å². The van der Waals surface area contributed by atoms with Crippen LogP contribution in [0.15, 0.2) is 24.3 Å². The van der Waals surface area contributed by atoms with Crippen LogP contribution in [0.4, 0.5) is 5.69 Å². The number of para-hydroxylation sites is 2. The highest BCUT2D eigenvalue weighted by Gasteiger charge is 2.27. The molecule has 2 aliphatic rings. The number of hydrogen-bond acceptors (Lipinski definition) is 4. The number of rotatable bonds is 3. The normalized spacial score (nSPS) is 21.4. The quantitative estimate of drug-likeness (QED) is 0.838. The number of piperidine rings is 1. The van der Waals surface area contributed by atoms with E-state index in [9.17, 15) is 9.59 Å². The molecule has 2 N–H and O–H groups in total. The van der Waals surface area contributed by atoms with Crippen molar-refractivity contribution >= 4 is 17.5 Å². The maximum absolute atomic E-state index is 12.2. The van der Waals surface area contributed by atoms with Crippen LogP contribution in [-0.2, 0) is 9.59 Å².